The van der Waals surface area contributed by atoms with Crippen molar-refractivity contribution in [3.63, 3.8) is 0 Å². The normalized spacial score (nSPS) is 13.0. The monoisotopic (exact) mass is 255 g/mol. The van der Waals surface area contributed by atoms with Gasteiger partial charge in [-0.05, 0) is 0 Å². The van der Waals surface area contributed by atoms with E-state index in [4.69, 9.17) is 5.73 Å². The number of rotatable bonds is 5. The predicted molar refractivity (Wildman–Crippen MR) is 69.5 cm³/mol. The average molecular weight is 255 g/mol. The van der Waals surface area contributed by atoms with E-state index in [1.165, 1.54) is 18.4 Å². The van der Waals surface area contributed by atoms with Gasteiger partial charge in [-0.2, -0.15) is 0 Å². The molecule has 0 aromatic heterocycles. The predicted octanol–water partition coefficient (Wildman–Crippen LogP) is 0.283. The van der Waals surface area contributed by atoms with Gasteiger partial charge >= 0.3 is 0 Å². The van der Waals surface area contributed by atoms with Gasteiger partial charge in [0.15, 0.2) is 0 Å². The van der Waals surface area contributed by atoms with Gasteiger partial charge in [0.05, 0.1) is 12.3 Å². The first-order valence-corrected chi connectivity index (χ1v) is 6.80. The van der Waals surface area contributed by atoms with E-state index in [1.54, 1.807) is 0 Å². The van der Waals surface area contributed by atoms with Gasteiger partial charge in [-0.1, -0.05) is 30.3 Å². The standard InChI is InChI=1S/C11H17N3O2S/c1-14(2)17(15,16)9-8-13-11(12)10-6-4-3-5-7-10/h3-7H,8-9H2,1-2H3,(H2,12,13). The van der Waals surface area contributed by atoms with E-state index in [0.717, 1.165) is 5.56 Å². The molecule has 0 spiro atoms. The number of sulfonamides is 1. The third-order valence-corrected chi connectivity index (χ3v) is 4.07. The molecule has 5 nitrogen and oxygen atoms in total. The van der Waals surface area contributed by atoms with E-state index < -0.39 is 10.0 Å². The van der Waals surface area contributed by atoms with Crippen molar-refractivity contribution in [2.24, 2.45) is 10.7 Å². The lowest BCUT2D eigenvalue weighted by Gasteiger charge is -2.09. The Morgan fingerprint density at radius 2 is 1.88 bits per heavy atom. The van der Waals surface area contributed by atoms with Gasteiger partial charge in [-0.3, -0.25) is 4.99 Å². The van der Waals surface area contributed by atoms with Crippen molar-refractivity contribution in [2.75, 3.05) is 26.4 Å². The smallest absolute Gasteiger partial charge is 0.215 e. The summed E-state index contributed by atoms with van der Waals surface area (Å²) >= 11 is 0. The third kappa shape index (κ3) is 4.16. The quantitative estimate of drug-likeness (QED) is 0.606. The van der Waals surface area contributed by atoms with Gasteiger partial charge in [-0.15, -0.1) is 0 Å². The summed E-state index contributed by atoms with van der Waals surface area (Å²) in [5.41, 5.74) is 6.54. The molecule has 1 rings (SSSR count). The van der Waals surface area contributed by atoms with Crippen LogP contribution in [0, 0.1) is 0 Å². The number of amidine groups is 1. The van der Waals surface area contributed by atoms with Crippen molar-refractivity contribution in [1.82, 2.24) is 4.31 Å². The van der Waals surface area contributed by atoms with Crippen molar-refractivity contribution in [1.29, 1.82) is 0 Å². The van der Waals surface area contributed by atoms with Crippen molar-refractivity contribution in [2.45, 2.75) is 0 Å². The molecule has 0 aliphatic heterocycles. The van der Waals surface area contributed by atoms with Gasteiger partial charge in [-0.25, -0.2) is 12.7 Å². The lowest BCUT2D eigenvalue weighted by molar-refractivity contribution is 0.521. The Hall–Kier alpha value is -1.40. The molecule has 0 unspecified atom stereocenters. The second-order valence-corrected chi connectivity index (χ2v) is 6.03. The Balaban J connectivity index is 2.62. The molecule has 0 saturated carbocycles. The van der Waals surface area contributed by atoms with E-state index in [-0.39, 0.29) is 12.3 Å². The van der Waals surface area contributed by atoms with Crippen LogP contribution >= 0.6 is 0 Å². The number of nitrogens with zero attached hydrogens (tertiary/aromatic N) is 2. The first-order chi connectivity index (χ1) is 7.93. The van der Waals surface area contributed by atoms with Crippen LogP contribution in [0.15, 0.2) is 35.3 Å². The zero-order valence-corrected chi connectivity index (χ0v) is 10.8. The van der Waals surface area contributed by atoms with E-state index in [2.05, 4.69) is 4.99 Å². The van der Waals surface area contributed by atoms with Gasteiger partial charge < -0.3 is 5.73 Å². The topological polar surface area (TPSA) is 75.8 Å². The zero-order valence-electron chi connectivity index (χ0n) is 10.00. The van der Waals surface area contributed by atoms with Crippen LogP contribution in [-0.4, -0.2) is 45.0 Å². The third-order valence-electron chi connectivity index (χ3n) is 2.26. The van der Waals surface area contributed by atoms with Gasteiger partial charge in [0, 0.05) is 19.7 Å². The fourth-order valence-corrected chi connectivity index (χ4v) is 1.85. The molecule has 0 heterocycles. The van der Waals surface area contributed by atoms with E-state index >= 15 is 0 Å². The Kier molecular flexibility index (Phi) is 4.65. The summed E-state index contributed by atoms with van der Waals surface area (Å²) in [6.07, 6.45) is 0. The highest BCUT2D eigenvalue weighted by Gasteiger charge is 2.12. The maximum Gasteiger partial charge on any atom is 0.215 e. The lowest BCUT2D eigenvalue weighted by atomic mass is 10.2. The van der Waals surface area contributed by atoms with Crippen molar-refractivity contribution >= 4 is 15.9 Å². The molecule has 0 aliphatic rings. The molecule has 2 N–H and O–H groups in total. The number of hydrogen-bond donors (Lipinski definition) is 1. The SMILES string of the molecule is CN(C)S(=O)(=O)CCN=C(N)c1ccccc1. The molecule has 6 heteroatoms. The molecule has 1 aromatic carbocycles. The lowest BCUT2D eigenvalue weighted by Crippen LogP contribution is -2.27. The highest BCUT2D eigenvalue weighted by atomic mass is 32.2. The minimum atomic E-state index is -3.21. The van der Waals surface area contributed by atoms with Crippen LogP contribution in [0.1, 0.15) is 5.56 Å². The molecule has 0 amide bonds. The summed E-state index contributed by atoms with van der Waals surface area (Å²) in [5, 5.41) is 0. The van der Waals surface area contributed by atoms with E-state index in [9.17, 15) is 8.42 Å². The molecule has 0 bridgehead atoms. The Morgan fingerprint density at radius 1 is 1.29 bits per heavy atom. The molecule has 0 aliphatic carbocycles. The number of benzene rings is 1. The molecule has 1 aromatic rings. The van der Waals surface area contributed by atoms with Crippen LogP contribution in [0.25, 0.3) is 0 Å². The Labute approximate surface area is 102 Å². The molecule has 0 radical (unpaired) electrons. The van der Waals surface area contributed by atoms with Crippen LogP contribution in [0.4, 0.5) is 0 Å². The van der Waals surface area contributed by atoms with Gasteiger partial charge in [0.25, 0.3) is 0 Å². The van der Waals surface area contributed by atoms with Crippen LogP contribution in [0.2, 0.25) is 0 Å². The highest BCUT2D eigenvalue weighted by molar-refractivity contribution is 7.89. The van der Waals surface area contributed by atoms with Crippen LogP contribution in [0.3, 0.4) is 0 Å². The van der Waals surface area contributed by atoms with Crippen molar-refractivity contribution < 1.29 is 8.42 Å². The van der Waals surface area contributed by atoms with Crippen LogP contribution in [-0.2, 0) is 10.0 Å². The van der Waals surface area contributed by atoms with E-state index in [1.807, 2.05) is 30.3 Å². The summed E-state index contributed by atoms with van der Waals surface area (Å²) in [6, 6.07) is 9.26. The zero-order chi connectivity index (χ0) is 12.9. The highest BCUT2D eigenvalue weighted by Crippen LogP contribution is 1.99. The number of nitrogens with two attached hydrogens (primary N) is 1. The second kappa shape index (κ2) is 5.79. The minimum Gasteiger partial charge on any atom is -0.384 e. The molecule has 0 fully saturated rings. The molecule has 0 saturated heterocycles. The summed E-state index contributed by atoms with van der Waals surface area (Å²) in [7, 11) is -0.206. The minimum absolute atomic E-state index is 0.0342. The van der Waals surface area contributed by atoms with Crippen LogP contribution < -0.4 is 5.73 Å². The van der Waals surface area contributed by atoms with Crippen molar-refractivity contribution in [3.05, 3.63) is 35.9 Å². The maximum absolute atomic E-state index is 11.5. The summed E-state index contributed by atoms with van der Waals surface area (Å²) in [4.78, 5) is 4.05. The number of aliphatic imine (C=N–C) groups is 1. The summed E-state index contributed by atoms with van der Waals surface area (Å²) < 4.78 is 24.1. The summed E-state index contributed by atoms with van der Waals surface area (Å²) in [6.45, 7) is 0.168. The molecule has 0 atom stereocenters. The second-order valence-electron chi connectivity index (χ2n) is 3.73. The largest absolute Gasteiger partial charge is 0.384 e. The molecular formula is C11H17N3O2S. The maximum atomic E-state index is 11.5. The first kappa shape index (κ1) is 13.7. The summed E-state index contributed by atoms with van der Waals surface area (Å²) in [5.74, 6) is 0.327. The van der Waals surface area contributed by atoms with Gasteiger partial charge in [0.1, 0.15) is 5.84 Å². The van der Waals surface area contributed by atoms with E-state index in [0.29, 0.717) is 5.84 Å². The Morgan fingerprint density at radius 3 is 2.41 bits per heavy atom. The molecule has 94 valence electrons. The fourth-order valence-electron chi connectivity index (χ4n) is 1.16. The molecule has 17 heavy (non-hydrogen) atoms. The number of hydrogen-bond acceptors (Lipinski definition) is 3. The molecular weight excluding hydrogens is 238 g/mol. The first-order valence-electron chi connectivity index (χ1n) is 5.19. The van der Waals surface area contributed by atoms with Gasteiger partial charge in [0.2, 0.25) is 10.0 Å². The fraction of sp³-hybridized carbons (Fsp3) is 0.364. The van der Waals surface area contributed by atoms with Crippen molar-refractivity contribution in [3.8, 4) is 0 Å². The van der Waals surface area contributed by atoms with Crippen LogP contribution in [0.5, 0.6) is 0 Å². The Bertz CT molecular complexity index is 481. The average Bonchev–Trinajstić information content (AvgIpc) is 2.29.